The van der Waals surface area contributed by atoms with Crippen LogP contribution in [0.1, 0.15) is 24.1 Å². The summed E-state index contributed by atoms with van der Waals surface area (Å²) in [5, 5.41) is 0. The zero-order chi connectivity index (χ0) is 20.1. The number of hydrogen-bond donors (Lipinski definition) is 1. The fourth-order valence-corrected chi connectivity index (χ4v) is 3.95. The molecule has 1 saturated heterocycles. The highest BCUT2D eigenvalue weighted by Gasteiger charge is 2.28. The molecule has 150 valence electrons. The summed E-state index contributed by atoms with van der Waals surface area (Å²) >= 11 is 0. The molecular formula is C23H27N5O. The van der Waals surface area contributed by atoms with Gasteiger partial charge in [-0.1, -0.05) is 60.7 Å². The van der Waals surface area contributed by atoms with E-state index in [0.717, 1.165) is 32.0 Å². The van der Waals surface area contributed by atoms with E-state index in [-0.39, 0.29) is 6.04 Å². The van der Waals surface area contributed by atoms with Gasteiger partial charge in [-0.3, -0.25) is 4.90 Å². The van der Waals surface area contributed by atoms with E-state index in [9.17, 15) is 0 Å². The Bertz CT molecular complexity index is 872. The third-order valence-electron chi connectivity index (χ3n) is 5.32. The van der Waals surface area contributed by atoms with Crippen LogP contribution in [0.25, 0.3) is 0 Å². The highest BCUT2D eigenvalue weighted by Crippen LogP contribution is 2.32. The molecule has 0 spiro atoms. The van der Waals surface area contributed by atoms with Gasteiger partial charge in [0.15, 0.2) is 5.82 Å². The molecule has 2 N–H and O–H groups in total. The number of piperazine rings is 1. The molecule has 0 radical (unpaired) electrons. The van der Waals surface area contributed by atoms with E-state index < -0.39 is 0 Å². The zero-order valence-electron chi connectivity index (χ0n) is 16.7. The summed E-state index contributed by atoms with van der Waals surface area (Å²) in [5.74, 6) is 1.23. The average molecular weight is 390 g/mol. The molecule has 2 aromatic carbocycles. The van der Waals surface area contributed by atoms with Gasteiger partial charge in [-0.05, 0) is 18.1 Å². The van der Waals surface area contributed by atoms with Crippen molar-refractivity contribution in [3.63, 3.8) is 0 Å². The number of rotatable bonds is 6. The van der Waals surface area contributed by atoms with E-state index in [1.165, 1.54) is 17.5 Å². The lowest BCUT2D eigenvalue weighted by Crippen LogP contribution is -2.48. The maximum absolute atomic E-state index is 6.27. The molecule has 0 amide bonds. The van der Waals surface area contributed by atoms with Gasteiger partial charge in [-0.15, -0.1) is 0 Å². The third kappa shape index (κ3) is 4.17. The number of aromatic nitrogens is 2. The van der Waals surface area contributed by atoms with Crippen molar-refractivity contribution >= 4 is 11.5 Å². The zero-order valence-corrected chi connectivity index (χ0v) is 16.7. The highest BCUT2D eigenvalue weighted by atomic mass is 16.5. The van der Waals surface area contributed by atoms with Gasteiger partial charge in [0, 0.05) is 26.2 Å². The van der Waals surface area contributed by atoms with Crippen LogP contribution in [0.15, 0.2) is 67.0 Å². The van der Waals surface area contributed by atoms with Crippen molar-refractivity contribution in [1.29, 1.82) is 0 Å². The van der Waals surface area contributed by atoms with Gasteiger partial charge < -0.3 is 15.4 Å². The van der Waals surface area contributed by atoms with Crippen molar-refractivity contribution in [3.05, 3.63) is 78.1 Å². The van der Waals surface area contributed by atoms with E-state index >= 15 is 0 Å². The van der Waals surface area contributed by atoms with Crippen molar-refractivity contribution in [3.8, 4) is 5.88 Å². The largest absolute Gasteiger partial charge is 0.476 e. The summed E-state index contributed by atoms with van der Waals surface area (Å²) in [6.07, 6.45) is 1.53. The summed E-state index contributed by atoms with van der Waals surface area (Å²) in [6.45, 7) is 5.99. The Morgan fingerprint density at radius 3 is 2.03 bits per heavy atom. The Balaban J connectivity index is 1.54. The second kappa shape index (κ2) is 8.92. The predicted octanol–water partition coefficient (Wildman–Crippen LogP) is 3.37. The lowest BCUT2D eigenvalue weighted by atomic mass is 9.96. The second-order valence-corrected chi connectivity index (χ2v) is 7.10. The van der Waals surface area contributed by atoms with Gasteiger partial charge >= 0.3 is 0 Å². The first-order valence-electron chi connectivity index (χ1n) is 10.1. The Hall–Kier alpha value is -3.12. The summed E-state index contributed by atoms with van der Waals surface area (Å²) in [4.78, 5) is 13.3. The van der Waals surface area contributed by atoms with Crippen LogP contribution in [-0.2, 0) is 0 Å². The smallest absolute Gasteiger partial charge is 0.242 e. The van der Waals surface area contributed by atoms with Gasteiger partial charge in [0.05, 0.1) is 12.6 Å². The van der Waals surface area contributed by atoms with Gasteiger partial charge in [0.25, 0.3) is 0 Å². The number of ether oxygens (including phenoxy) is 1. The average Bonchev–Trinajstić information content (AvgIpc) is 2.78. The van der Waals surface area contributed by atoms with Crippen molar-refractivity contribution in [2.45, 2.75) is 13.0 Å². The van der Waals surface area contributed by atoms with E-state index in [1.807, 2.05) is 6.92 Å². The van der Waals surface area contributed by atoms with Crippen LogP contribution in [0.2, 0.25) is 0 Å². The normalized spacial score (nSPS) is 14.9. The molecule has 29 heavy (non-hydrogen) atoms. The van der Waals surface area contributed by atoms with Gasteiger partial charge in [-0.25, -0.2) is 4.98 Å². The minimum Gasteiger partial charge on any atom is -0.476 e. The Kier molecular flexibility index (Phi) is 5.91. The molecule has 3 aromatic rings. The molecule has 6 nitrogen and oxygen atoms in total. The molecule has 0 atom stereocenters. The minimum atomic E-state index is 0.237. The number of nitrogen functional groups attached to an aromatic ring is 1. The fraction of sp³-hybridized carbons (Fsp3) is 0.304. The molecule has 4 rings (SSSR count). The lowest BCUT2D eigenvalue weighted by molar-refractivity contribution is 0.212. The Labute approximate surface area is 172 Å². The van der Waals surface area contributed by atoms with Gasteiger partial charge in [0.1, 0.15) is 12.0 Å². The summed E-state index contributed by atoms with van der Waals surface area (Å²) in [6, 6.07) is 21.6. The molecule has 1 aromatic heterocycles. The summed E-state index contributed by atoms with van der Waals surface area (Å²) in [5.41, 5.74) is 9.42. The predicted molar refractivity (Wildman–Crippen MR) is 116 cm³/mol. The van der Waals surface area contributed by atoms with E-state index in [0.29, 0.717) is 18.2 Å². The molecular weight excluding hydrogens is 362 g/mol. The van der Waals surface area contributed by atoms with E-state index in [2.05, 4.69) is 80.4 Å². The molecule has 2 heterocycles. The number of anilines is 2. The Morgan fingerprint density at radius 2 is 1.48 bits per heavy atom. The first kappa shape index (κ1) is 19.2. The molecule has 1 aliphatic heterocycles. The standard InChI is InChI=1S/C23H27N5O/c1-2-29-23-20(24)22(25-17-26-23)28-15-13-27(14-16-28)21(18-9-5-3-6-10-18)19-11-7-4-8-12-19/h3-12,17,21H,2,13-16,24H2,1H3. The monoisotopic (exact) mass is 389 g/mol. The molecule has 0 unspecified atom stereocenters. The van der Waals surface area contributed by atoms with Crippen LogP contribution < -0.4 is 15.4 Å². The third-order valence-corrected chi connectivity index (χ3v) is 5.32. The molecule has 1 aliphatic rings. The first-order chi connectivity index (χ1) is 14.3. The van der Waals surface area contributed by atoms with Crippen molar-refractivity contribution in [2.75, 3.05) is 43.4 Å². The summed E-state index contributed by atoms with van der Waals surface area (Å²) in [7, 11) is 0. The Morgan fingerprint density at radius 1 is 0.897 bits per heavy atom. The molecule has 0 bridgehead atoms. The number of hydrogen-bond acceptors (Lipinski definition) is 6. The maximum atomic E-state index is 6.27. The second-order valence-electron chi connectivity index (χ2n) is 7.10. The van der Waals surface area contributed by atoms with Crippen LogP contribution in [0.3, 0.4) is 0 Å². The van der Waals surface area contributed by atoms with Crippen molar-refractivity contribution in [2.24, 2.45) is 0 Å². The first-order valence-corrected chi connectivity index (χ1v) is 10.1. The van der Waals surface area contributed by atoms with Crippen LogP contribution in [0.5, 0.6) is 5.88 Å². The maximum Gasteiger partial charge on any atom is 0.242 e. The topological polar surface area (TPSA) is 67.5 Å². The minimum absolute atomic E-state index is 0.237. The van der Waals surface area contributed by atoms with Crippen LogP contribution in [0.4, 0.5) is 11.5 Å². The van der Waals surface area contributed by atoms with E-state index in [1.54, 1.807) is 0 Å². The van der Waals surface area contributed by atoms with Crippen LogP contribution in [0, 0.1) is 0 Å². The number of nitrogens with zero attached hydrogens (tertiary/aromatic N) is 4. The van der Waals surface area contributed by atoms with Crippen molar-refractivity contribution < 1.29 is 4.74 Å². The van der Waals surface area contributed by atoms with Crippen LogP contribution in [-0.4, -0.2) is 47.7 Å². The van der Waals surface area contributed by atoms with Crippen LogP contribution >= 0.6 is 0 Å². The quantitative estimate of drug-likeness (QED) is 0.697. The number of benzene rings is 2. The lowest BCUT2D eigenvalue weighted by Gasteiger charge is -2.40. The number of nitrogens with two attached hydrogens (primary N) is 1. The fourth-order valence-electron chi connectivity index (χ4n) is 3.95. The molecule has 6 heteroatoms. The van der Waals surface area contributed by atoms with Crippen molar-refractivity contribution in [1.82, 2.24) is 14.9 Å². The molecule has 0 aliphatic carbocycles. The molecule has 0 saturated carbocycles. The van der Waals surface area contributed by atoms with E-state index in [4.69, 9.17) is 10.5 Å². The highest BCUT2D eigenvalue weighted by molar-refractivity contribution is 5.67. The molecule has 1 fully saturated rings. The van der Waals surface area contributed by atoms with Gasteiger partial charge in [-0.2, -0.15) is 4.98 Å². The van der Waals surface area contributed by atoms with Gasteiger partial charge in [0.2, 0.25) is 5.88 Å². The summed E-state index contributed by atoms with van der Waals surface area (Å²) < 4.78 is 5.53. The SMILES string of the molecule is CCOc1ncnc(N2CCN(C(c3ccccc3)c3ccccc3)CC2)c1N.